The Bertz CT molecular complexity index is 731. The molecular formula is C16H18ClFN4O. The van der Waals surface area contributed by atoms with Crippen LogP contribution in [0.5, 0.6) is 0 Å². The number of halogens is 2. The molecule has 0 atom stereocenters. The van der Waals surface area contributed by atoms with Crippen LogP contribution in [0.2, 0.25) is 5.02 Å². The van der Waals surface area contributed by atoms with Crippen LogP contribution >= 0.6 is 11.6 Å². The molecule has 23 heavy (non-hydrogen) atoms. The monoisotopic (exact) mass is 336 g/mol. The number of benzene rings is 1. The van der Waals surface area contributed by atoms with Gasteiger partial charge in [0.15, 0.2) is 0 Å². The lowest BCUT2D eigenvalue weighted by molar-refractivity contribution is -0.117. The summed E-state index contributed by atoms with van der Waals surface area (Å²) >= 11 is 5.69. The summed E-state index contributed by atoms with van der Waals surface area (Å²) in [7, 11) is 1.84. The van der Waals surface area contributed by atoms with E-state index >= 15 is 0 Å². The van der Waals surface area contributed by atoms with Gasteiger partial charge in [0.05, 0.1) is 17.9 Å². The maximum absolute atomic E-state index is 13.7. The molecule has 122 valence electrons. The molecule has 0 radical (unpaired) electrons. The molecule has 1 heterocycles. The average molecular weight is 337 g/mol. The van der Waals surface area contributed by atoms with Crippen molar-refractivity contribution in [2.24, 2.45) is 0 Å². The second kappa shape index (κ2) is 6.68. The molecule has 1 amide bonds. The smallest absolute Gasteiger partial charge is 0.238 e. The normalized spacial score (nSPS) is 13.4. The molecule has 1 aromatic carbocycles. The van der Waals surface area contributed by atoms with Gasteiger partial charge in [-0.2, -0.15) is 5.10 Å². The lowest BCUT2D eigenvalue weighted by atomic mass is 10.2. The number of aromatic nitrogens is 2. The number of amides is 1. The minimum absolute atomic E-state index is 0.133. The molecule has 2 aromatic rings. The Hall–Kier alpha value is -1.92. The van der Waals surface area contributed by atoms with Crippen LogP contribution in [-0.4, -0.2) is 34.6 Å². The molecule has 0 fully saturated rings. The first-order chi connectivity index (χ1) is 11.0. The van der Waals surface area contributed by atoms with E-state index < -0.39 is 5.82 Å². The molecule has 0 aliphatic heterocycles. The highest BCUT2D eigenvalue weighted by Crippen LogP contribution is 2.23. The fraction of sp³-hybridized carbons (Fsp3) is 0.375. The number of aryl methyl sites for hydroxylation is 1. The molecule has 1 aliphatic carbocycles. The molecule has 0 spiro atoms. The zero-order chi connectivity index (χ0) is 16.4. The molecule has 0 saturated heterocycles. The van der Waals surface area contributed by atoms with Gasteiger partial charge in [0.2, 0.25) is 5.91 Å². The summed E-state index contributed by atoms with van der Waals surface area (Å²) in [5, 5.41) is 10.2. The molecule has 1 aliphatic rings. The van der Waals surface area contributed by atoms with E-state index in [1.807, 2.05) is 11.9 Å². The Labute approximate surface area is 138 Å². The molecule has 2 N–H and O–H groups in total. The lowest BCUT2D eigenvalue weighted by Gasteiger charge is -2.16. The Kier molecular flexibility index (Phi) is 4.63. The van der Waals surface area contributed by atoms with Gasteiger partial charge in [-0.15, -0.1) is 0 Å². The van der Waals surface area contributed by atoms with Crippen LogP contribution in [0.15, 0.2) is 18.2 Å². The van der Waals surface area contributed by atoms with Crippen LogP contribution in [0.4, 0.5) is 10.1 Å². The number of fused-ring (bicyclic) bond motifs is 1. The van der Waals surface area contributed by atoms with E-state index in [1.54, 1.807) is 0 Å². The molecule has 0 bridgehead atoms. The number of aromatic amines is 1. The topological polar surface area (TPSA) is 61.0 Å². The number of rotatable bonds is 5. The van der Waals surface area contributed by atoms with Crippen LogP contribution < -0.4 is 5.32 Å². The van der Waals surface area contributed by atoms with Crippen molar-refractivity contribution in [3.8, 4) is 0 Å². The van der Waals surface area contributed by atoms with Crippen molar-refractivity contribution < 1.29 is 9.18 Å². The van der Waals surface area contributed by atoms with Crippen molar-refractivity contribution in [2.45, 2.75) is 25.8 Å². The molecule has 1 aromatic heterocycles. The van der Waals surface area contributed by atoms with Crippen molar-refractivity contribution in [3.63, 3.8) is 0 Å². The second-order valence-electron chi connectivity index (χ2n) is 5.83. The van der Waals surface area contributed by atoms with Crippen molar-refractivity contribution in [1.29, 1.82) is 0 Å². The summed E-state index contributed by atoms with van der Waals surface area (Å²) < 4.78 is 13.7. The van der Waals surface area contributed by atoms with Crippen LogP contribution in [0.25, 0.3) is 0 Å². The number of carbonyl (C=O) groups excluding carboxylic acids is 1. The number of carbonyl (C=O) groups is 1. The minimum atomic E-state index is -0.543. The van der Waals surface area contributed by atoms with Crippen LogP contribution in [-0.2, 0) is 24.2 Å². The summed E-state index contributed by atoms with van der Waals surface area (Å²) in [5.74, 6) is -0.820. The molecule has 5 nitrogen and oxygen atoms in total. The van der Waals surface area contributed by atoms with Gasteiger partial charge < -0.3 is 5.32 Å². The van der Waals surface area contributed by atoms with Gasteiger partial charge in [-0.3, -0.25) is 14.8 Å². The Morgan fingerprint density at radius 3 is 3.09 bits per heavy atom. The first-order valence-electron chi connectivity index (χ1n) is 7.51. The summed E-state index contributed by atoms with van der Waals surface area (Å²) in [4.78, 5) is 13.9. The van der Waals surface area contributed by atoms with Gasteiger partial charge >= 0.3 is 0 Å². The fourth-order valence-electron chi connectivity index (χ4n) is 2.86. The third-order valence-electron chi connectivity index (χ3n) is 3.93. The van der Waals surface area contributed by atoms with E-state index in [-0.39, 0.29) is 18.1 Å². The molecule has 3 rings (SSSR count). The lowest BCUT2D eigenvalue weighted by Crippen LogP contribution is -2.30. The van der Waals surface area contributed by atoms with Crippen molar-refractivity contribution >= 4 is 23.2 Å². The second-order valence-corrected chi connectivity index (χ2v) is 6.26. The first kappa shape index (κ1) is 16.0. The zero-order valence-electron chi connectivity index (χ0n) is 12.8. The van der Waals surface area contributed by atoms with Gasteiger partial charge in [0.25, 0.3) is 0 Å². The SMILES string of the molecule is CN(CC(=O)Nc1ccc(Cl)cc1F)Cc1n[nH]c2c1CCC2. The Balaban J connectivity index is 1.56. The molecular weight excluding hydrogens is 319 g/mol. The molecule has 0 saturated carbocycles. The summed E-state index contributed by atoms with van der Waals surface area (Å²) in [6.45, 7) is 0.742. The highest BCUT2D eigenvalue weighted by atomic mass is 35.5. The Morgan fingerprint density at radius 2 is 2.30 bits per heavy atom. The highest BCUT2D eigenvalue weighted by Gasteiger charge is 2.19. The van der Waals surface area contributed by atoms with Crippen LogP contribution in [0.3, 0.4) is 0 Å². The summed E-state index contributed by atoms with van der Waals surface area (Å²) in [5.41, 5.74) is 3.61. The number of anilines is 1. The average Bonchev–Trinajstić information content (AvgIpc) is 3.07. The largest absolute Gasteiger partial charge is 0.322 e. The number of likely N-dealkylation sites (N-methyl/N-ethyl adjacent to an activating group) is 1. The van der Waals surface area contributed by atoms with E-state index in [4.69, 9.17) is 11.6 Å². The van der Waals surface area contributed by atoms with E-state index in [0.717, 1.165) is 25.0 Å². The molecule has 0 unspecified atom stereocenters. The van der Waals surface area contributed by atoms with Gasteiger partial charge in [-0.1, -0.05) is 11.6 Å². The van der Waals surface area contributed by atoms with Crippen LogP contribution in [0.1, 0.15) is 23.4 Å². The number of H-pyrrole nitrogens is 1. The third kappa shape index (κ3) is 3.71. The van der Waals surface area contributed by atoms with Crippen molar-refractivity contribution in [1.82, 2.24) is 15.1 Å². The van der Waals surface area contributed by atoms with E-state index in [9.17, 15) is 9.18 Å². The summed E-state index contributed by atoms with van der Waals surface area (Å²) in [6.07, 6.45) is 3.23. The first-order valence-corrected chi connectivity index (χ1v) is 7.89. The fourth-order valence-corrected chi connectivity index (χ4v) is 3.01. The van der Waals surface area contributed by atoms with Gasteiger partial charge in [0, 0.05) is 17.3 Å². The van der Waals surface area contributed by atoms with Gasteiger partial charge in [0.1, 0.15) is 5.82 Å². The predicted octanol–water partition coefficient (Wildman–Crippen LogP) is 2.76. The van der Waals surface area contributed by atoms with Crippen LogP contribution in [0, 0.1) is 5.82 Å². The van der Waals surface area contributed by atoms with Crippen molar-refractivity contribution in [2.75, 3.05) is 18.9 Å². The summed E-state index contributed by atoms with van der Waals surface area (Å²) in [6, 6.07) is 4.17. The van der Waals surface area contributed by atoms with E-state index in [0.29, 0.717) is 11.6 Å². The number of nitrogens with zero attached hydrogens (tertiary/aromatic N) is 2. The third-order valence-corrected chi connectivity index (χ3v) is 4.17. The number of nitrogens with one attached hydrogen (secondary N) is 2. The molecule has 7 heteroatoms. The number of hydrogen-bond donors (Lipinski definition) is 2. The maximum Gasteiger partial charge on any atom is 0.238 e. The Morgan fingerprint density at radius 1 is 1.48 bits per heavy atom. The van der Waals surface area contributed by atoms with Crippen molar-refractivity contribution in [3.05, 3.63) is 46.0 Å². The minimum Gasteiger partial charge on any atom is -0.322 e. The standard InChI is InChI=1S/C16H18ClFN4O/c1-22(8-15-11-3-2-4-13(11)20-21-15)9-16(23)19-14-6-5-10(17)7-12(14)18/h5-7H,2-4,8-9H2,1H3,(H,19,23)(H,20,21). The van der Waals surface area contributed by atoms with Gasteiger partial charge in [-0.05, 0) is 50.1 Å². The number of hydrogen-bond acceptors (Lipinski definition) is 3. The predicted molar refractivity (Wildman–Crippen MR) is 87.0 cm³/mol. The highest BCUT2D eigenvalue weighted by molar-refractivity contribution is 6.30. The zero-order valence-corrected chi connectivity index (χ0v) is 13.6. The van der Waals surface area contributed by atoms with E-state index in [2.05, 4.69) is 15.5 Å². The maximum atomic E-state index is 13.7. The van der Waals surface area contributed by atoms with E-state index in [1.165, 1.54) is 29.5 Å². The van der Waals surface area contributed by atoms with Gasteiger partial charge in [-0.25, -0.2) is 4.39 Å². The quantitative estimate of drug-likeness (QED) is 0.882.